The van der Waals surface area contributed by atoms with Crippen molar-refractivity contribution in [3.05, 3.63) is 0 Å². The second kappa shape index (κ2) is 8.50. The summed E-state index contributed by atoms with van der Waals surface area (Å²) < 4.78 is 0. The Bertz CT molecular complexity index is 538. The van der Waals surface area contributed by atoms with Crippen molar-refractivity contribution in [2.24, 2.45) is 57.7 Å². The van der Waals surface area contributed by atoms with Gasteiger partial charge in [-0.05, 0) is 96.2 Å². The topological polar surface area (TPSA) is 0 Å². The molecule has 170 valence electrons. The van der Waals surface area contributed by atoms with Gasteiger partial charge in [0.15, 0.2) is 0 Å². The Morgan fingerprint density at radius 2 is 1.38 bits per heavy atom. The molecule has 0 spiro atoms. The largest absolute Gasteiger partial charge is 0.0651 e. The van der Waals surface area contributed by atoms with Crippen LogP contribution in [0, 0.1) is 57.7 Å². The Hall–Kier alpha value is 0. The van der Waals surface area contributed by atoms with E-state index >= 15 is 0 Å². The molecule has 0 bridgehead atoms. The minimum atomic E-state index is 0.557. The molecule has 0 aromatic rings. The fourth-order valence-corrected chi connectivity index (χ4v) is 9.59. The molecular weight excluding hydrogens is 348 g/mol. The van der Waals surface area contributed by atoms with Crippen molar-refractivity contribution in [3.8, 4) is 0 Å². The maximum atomic E-state index is 2.78. The summed E-state index contributed by atoms with van der Waals surface area (Å²) in [4.78, 5) is 0. The van der Waals surface area contributed by atoms with Gasteiger partial charge in [0.25, 0.3) is 0 Å². The van der Waals surface area contributed by atoms with Crippen molar-refractivity contribution in [1.29, 1.82) is 0 Å². The number of hydrogen-bond acceptors (Lipinski definition) is 0. The summed E-state index contributed by atoms with van der Waals surface area (Å²) in [6.45, 7) is 23.2. The maximum absolute atomic E-state index is 2.78. The van der Waals surface area contributed by atoms with E-state index in [0.29, 0.717) is 16.2 Å². The summed E-state index contributed by atoms with van der Waals surface area (Å²) in [5.41, 5.74) is 1.74. The van der Waals surface area contributed by atoms with Crippen LogP contribution in [0.25, 0.3) is 0 Å². The van der Waals surface area contributed by atoms with Crippen LogP contribution in [0.1, 0.15) is 127 Å². The highest BCUT2D eigenvalue weighted by atomic mass is 14.7. The summed E-state index contributed by atoms with van der Waals surface area (Å²) in [7, 11) is 0. The summed E-state index contributed by atoms with van der Waals surface area (Å²) in [6.07, 6.45) is 14.8. The van der Waals surface area contributed by atoms with Crippen molar-refractivity contribution in [2.75, 3.05) is 0 Å². The molecule has 29 heavy (non-hydrogen) atoms. The summed E-state index contributed by atoms with van der Waals surface area (Å²) in [6, 6.07) is 0. The fourth-order valence-electron chi connectivity index (χ4n) is 9.59. The van der Waals surface area contributed by atoms with Crippen molar-refractivity contribution < 1.29 is 0 Å². The summed E-state index contributed by atoms with van der Waals surface area (Å²) in [5, 5.41) is 0. The Morgan fingerprint density at radius 3 is 1.90 bits per heavy atom. The molecule has 3 aliphatic rings. The van der Waals surface area contributed by atoms with Gasteiger partial charge in [0.1, 0.15) is 0 Å². The molecule has 0 aromatic carbocycles. The predicted molar refractivity (Wildman–Crippen MR) is 129 cm³/mol. The van der Waals surface area contributed by atoms with Gasteiger partial charge in [-0.3, -0.25) is 0 Å². The Balaban J connectivity index is 1.95. The van der Waals surface area contributed by atoms with Crippen molar-refractivity contribution in [1.82, 2.24) is 0 Å². The normalized spacial score (nSPS) is 47.8. The number of fused-ring (bicyclic) bond motifs is 1. The third kappa shape index (κ3) is 3.55. The van der Waals surface area contributed by atoms with Gasteiger partial charge < -0.3 is 0 Å². The number of hydrogen-bond donors (Lipinski definition) is 0. The smallest absolute Gasteiger partial charge is 0.0187 e. The van der Waals surface area contributed by atoms with Crippen LogP contribution in [-0.2, 0) is 0 Å². The molecule has 0 aliphatic heterocycles. The van der Waals surface area contributed by atoms with Crippen LogP contribution in [0.2, 0.25) is 0 Å². The average molecular weight is 403 g/mol. The molecule has 3 aliphatic carbocycles. The summed E-state index contributed by atoms with van der Waals surface area (Å²) >= 11 is 0. The van der Waals surface area contributed by atoms with Crippen LogP contribution in [0.5, 0.6) is 0 Å². The lowest BCUT2D eigenvalue weighted by atomic mass is 9.43. The van der Waals surface area contributed by atoms with Gasteiger partial charge in [-0.15, -0.1) is 0 Å². The molecular formula is C29H54. The van der Waals surface area contributed by atoms with Crippen molar-refractivity contribution in [3.63, 3.8) is 0 Å². The van der Waals surface area contributed by atoms with Gasteiger partial charge in [0.05, 0.1) is 0 Å². The zero-order valence-electron chi connectivity index (χ0n) is 21.6. The molecule has 0 saturated heterocycles. The molecule has 0 amide bonds. The first kappa shape index (κ1) is 23.7. The van der Waals surface area contributed by atoms with E-state index in [1.54, 1.807) is 0 Å². The SMILES string of the molecule is CCC1C(C2(C)CCC(C)CC2)CCC2(C)C1CCC2(C(C)CC)C(C)C(C)C. The first-order valence-corrected chi connectivity index (χ1v) is 13.6. The van der Waals surface area contributed by atoms with Crippen molar-refractivity contribution in [2.45, 2.75) is 127 Å². The first-order valence-electron chi connectivity index (χ1n) is 13.6. The maximum Gasteiger partial charge on any atom is -0.0187 e. The highest BCUT2D eigenvalue weighted by Gasteiger charge is 2.65. The molecule has 0 N–H and O–H groups in total. The molecule has 7 atom stereocenters. The van der Waals surface area contributed by atoms with E-state index < -0.39 is 0 Å². The van der Waals surface area contributed by atoms with Crippen LogP contribution in [0.4, 0.5) is 0 Å². The van der Waals surface area contributed by atoms with E-state index in [4.69, 9.17) is 0 Å². The molecule has 0 radical (unpaired) electrons. The molecule has 3 rings (SSSR count). The first-order chi connectivity index (χ1) is 13.6. The van der Waals surface area contributed by atoms with Crippen LogP contribution < -0.4 is 0 Å². The lowest BCUT2D eigenvalue weighted by molar-refractivity contribution is -0.127. The minimum absolute atomic E-state index is 0.557. The quantitative estimate of drug-likeness (QED) is 0.415. The van der Waals surface area contributed by atoms with Gasteiger partial charge in [0.2, 0.25) is 0 Å². The third-order valence-electron chi connectivity index (χ3n) is 11.8. The molecule has 3 saturated carbocycles. The van der Waals surface area contributed by atoms with Gasteiger partial charge in [-0.2, -0.15) is 0 Å². The van der Waals surface area contributed by atoms with Crippen LogP contribution in [0.3, 0.4) is 0 Å². The lowest BCUT2D eigenvalue weighted by Crippen LogP contribution is -2.54. The van der Waals surface area contributed by atoms with E-state index in [0.717, 1.165) is 41.4 Å². The monoisotopic (exact) mass is 402 g/mol. The highest BCUT2D eigenvalue weighted by molar-refractivity contribution is 5.13. The molecule has 0 heteroatoms. The van der Waals surface area contributed by atoms with Crippen LogP contribution in [-0.4, -0.2) is 0 Å². The zero-order valence-corrected chi connectivity index (χ0v) is 21.6. The molecule has 0 aromatic heterocycles. The Morgan fingerprint density at radius 1 is 0.793 bits per heavy atom. The average Bonchev–Trinajstić information content (AvgIpc) is 3.02. The van der Waals surface area contributed by atoms with Gasteiger partial charge in [-0.1, -0.05) is 88.0 Å². The van der Waals surface area contributed by atoms with Gasteiger partial charge >= 0.3 is 0 Å². The Labute approximate surface area is 184 Å². The van der Waals surface area contributed by atoms with Crippen LogP contribution in [0.15, 0.2) is 0 Å². The Kier molecular flexibility index (Phi) is 6.94. The zero-order chi connectivity index (χ0) is 21.6. The molecule has 0 nitrogen and oxygen atoms in total. The molecule has 7 unspecified atom stereocenters. The third-order valence-corrected chi connectivity index (χ3v) is 11.8. The second-order valence-corrected chi connectivity index (χ2v) is 13.0. The predicted octanol–water partition coefficient (Wildman–Crippen LogP) is 9.38. The van der Waals surface area contributed by atoms with E-state index in [-0.39, 0.29) is 0 Å². The van der Waals surface area contributed by atoms with Crippen molar-refractivity contribution >= 4 is 0 Å². The summed E-state index contributed by atoms with van der Waals surface area (Å²) in [5.74, 6) is 6.39. The van der Waals surface area contributed by atoms with Gasteiger partial charge in [0, 0.05) is 0 Å². The standard InChI is InChI=1S/C29H54/c1-10-22(6)29(23(7)20(3)4)19-15-26-24(11-2)25(14-18-28(26,29)9)27(8)16-12-21(5)13-17-27/h20-26H,10-19H2,1-9H3. The minimum Gasteiger partial charge on any atom is -0.0651 e. The van der Waals surface area contributed by atoms with E-state index in [2.05, 4.69) is 62.3 Å². The fraction of sp³-hybridized carbons (Fsp3) is 1.00. The highest BCUT2D eigenvalue weighted by Crippen LogP contribution is 2.72. The molecule has 3 fully saturated rings. The van der Waals surface area contributed by atoms with E-state index in [1.807, 2.05) is 0 Å². The van der Waals surface area contributed by atoms with Gasteiger partial charge in [-0.25, -0.2) is 0 Å². The molecule has 0 heterocycles. The lowest BCUT2D eigenvalue weighted by Gasteiger charge is -2.61. The second-order valence-electron chi connectivity index (χ2n) is 13.0. The van der Waals surface area contributed by atoms with Crippen LogP contribution >= 0.6 is 0 Å². The van der Waals surface area contributed by atoms with E-state index in [1.165, 1.54) is 64.2 Å². The van der Waals surface area contributed by atoms with E-state index in [9.17, 15) is 0 Å². The number of rotatable bonds is 6.